The van der Waals surface area contributed by atoms with Crippen LogP contribution < -0.4 is 10.6 Å². The first kappa shape index (κ1) is 14.3. The maximum Gasteiger partial charge on any atom is 0.239 e. The topological polar surface area (TPSA) is 70.6 Å². The molecule has 1 aliphatic heterocycles. The first-order valence-electron chi connectivity index (χ1n) is 6.20. The number of morpholine rings is 1. The second-order valence-electron chi connectivity index (χ2n) is 4.36. The number of carbonyl (C=O) groups is 1. The Bertz CT molecular complexity index is 436. The summed E-state index contributed by atoms with van der Waals surface area (Å²) in [7, 11) is 0. The molecule has 0 spiro atoms. The van der Waals surface area contributed by atoms with Crippen molar-refractivity contribution >= 4 is 17.5 Å². The molecule has 2 atom stereocenters. The standard InChI is InChI=1S/C13H17ClN2O3/c14-10-4-2-1-3-9(10)12(17)7-16-13(18)11-8-19-6-5-15-11/h1-4,11-12,15,17H,5-8H2,(H,16,18)/t11-,12-/m0/s1. The lowest BCUT2D eigenvalue weighted by atomic mass is 10.1. The maximum absolute atomic E-state index is 11.8. The number of rotatable bonds is 4. The quantitative estimate of drug-likeness (QED) is 0.752. The summed E-state index contributed by atoms with van der Waals surface area (Å²) in [6.45, 7) is 1.76. The third kappa shape index (κ3) is 3.91. The van der Waals surface area contributed by atoms with Gasteiger partial charge in [-0.3, -0.25) is 4.79 Å². The lowest BCUT2D eigenvalue weighted by Crippen LogP contribution is -2.51. The predicted octanol–water partition coefficient (Wildman–Crippen LogP) is 0.478. The molecular formula is C13H17ClN2O3. The van der Waals surface area contributed by atoms with Crippen molar-refractivity contribution in [2.24, 2.45) is 0 Å². The largest absolute Gasteiger partial charge is 0.387 e. The average molecular weight is 285 g/mol. The van der Waals surface area contributed by atoms with Crippen molar-refractivity contribution in [3.8, 4) is 0 Å². The van der Waals surface area contributed by atoms with Crippen molar-refractivity contribution < 1.29 is 14.6 Å². The van der Waals surface area contributed by atoms with Gasteiger partial charge in [-0.2, -0.15) is 0 Å². The molecule has 104 valence electrons. The number of aliphatic hydroxyl groups excluding tert-OH is 1. The number of benzene rings is 1. The van der Waals surface area contributed by atoms with Gasteiger partial charge in [-0.05, 0) is 6.07 Å². The molecule has 0 bridgehead atoms. The molecule has 0 saturated carbocycles. The lowest BCUT2D eigenvalue weighted by molar-refractivity contribution is -0.126. The molecule has 19 heavy (non-hydrogen) atoms. The summed E-state index contributed by atoms with van der Waals surface area (Å²) in [5.74, 6) is -0.175. The van der Waals surface area contributed by atoms with E-state index >= 15 is 0 Å². The van der Waals surface area contributed by atoms with Gasteiger partial charge in [0.05, 0.1) is 19.3 Å². The van der Waals surface area contributed by atoms with Gasteiger partial charge in [0.1, 0.15) is 6.04 Å². The van der Waals surface area contributed by atoms with Crippen LogP contribution in [-0.4, -0.2) is 43.4 Å². The van der Waals surface area contributed by atoms with Gasteiger partial charge in [-0.1, -0.05) is 29.8 Å². The average Bonchev–Trinajstić information content (AvgIpc) is 2.46. The monoisotopic (exact) mass is 284 g/mol. The number of hydrogen-bond donors (Lipinski definition) is 3. The van der Waals surface area contributed by atoms with Gasteiger partial charge in [-0.15, -0.1) is 0 Å². The molecule has 1 aliphatic rings. The van der Waals surface area contributed by atoms with Gasteiger partial charge in [0.2, 0.25) is 5.91 Å². The van der Waals surface area contributed by atoms with E-state index in [0.29, 0.717) is 30.3 Å². The number of hydrogen-bond acceptors (Lipinski definition) is 4. The number of nitrogens with one attached hydrogen (secondary N) is 2. The second-order valence-corrected chi connectivity index (χ2v) is 4.77. The SMILES string of the molecule is O=C(NC[C@H](O)c1ccccc1Cl)[C@@H]1COCCN1. The summed E-state index contributed by atoms with van der Waals surface area (Å²) < 4.78 is 5.21. The molecule has 1 saturated heterocycles. The molecule has 1 aromatic rings. The van der Waals surface area contributed by atoms with Crippen LogP contribution in [0.2, 0.25) is 5.02 Å². The molecule has 6 heteroatoms. The molecule has 5 nitrogen and oxygen atoms in total. The first-order valence-corrected chi connectivity index (χ1v) is 6.57. The third-order valence-corrected chi connectivity index (χ3v) is 3.32. The Kier molecular flexibility index (Phi) is 5.15. The zero-order valence-corrected chi connectivity index (χ0v) is 11.2. The summed E-state index contributed by atoms with van der Waals surface area (Å²) in [6, 6.07) is 6.68. The highest BCUT2D eigenvalue weighted by atomic mass is 35.5. The van der Waals surface area contributed by atoms with Gasteiger partial charge in [0.15, 0.2) is 0 Å². The molecule has 0 unspecified atom stereocenters. The molecule has 0 aliphatic carbocycles. The number of ether oxygens (including phenoxy) is 1. The Labute approximate surface area is 116 Å². The minimum absolute atomic E-state index is 0.126. The van der Waals surface area contributed by atoms with Gasteiger partial charge in [0, 0.05) is 23.7 Å². The van der Waals surface area contributed by atoms with Crippen molar-refractivity contribution in [2.75, 3.05) is 26.3 Å². The van der Waals surface area contributed by atoms with Crippen LogP contribution in [0.3, 0.4) is 0 Å². The van der Waals surface area contributed by atoms with E-state index in [2.05, 4.69) is 10.6 Å². The number of amides is 1. The van der Waals surface area contributed by atoms with E-state index in [1.54, 1.807) is 24.3 Å². The minimum atomic E-state index is -0.817. The van der Waals surface area contributed by atoms with Gasteiger partial charge in [0.25, 0.3) is 0 Å². The molecular weight excluding hydrogens is 268 g/mol. The van der Waals surface area contributed by atoms with E-state index in [4.69, 9.17) is 16.3 Å². The molecule has 1 fully saturated rings. The summed E-state index contributed by atoms with van der Waals surface area (Å²) in [4.78, 5) is 11.8. The molecule has 1 amide bonds. The van der Waals surface area contributed by atoms with Crippen LogP contribution in [0.4, 0.5) is 0 Å². The van der Waals surface area contributed by atoms with Crippen LogP contribution in [0.5, 0.6) is 0 Å². The highest BCUT2D eigenvalue weighted by Crippen LogP contribution is 2.21. The zero-order valence-electron chi connectivity index (χ0n) is 10.4. The van der Waals surface area contributed by atoms with E-state index in [0.717, 1.165) is 0 Å². The summed E-state index contributed by atoms with van der Waals surface area (Å²) in [5, 5.41) is 16.2. The van der Waals surface area contributed by atoms with Gasteiger partial charge < -0.3 is 20.5 Å². The van der Waals surface area contributed by atoms with Gasteiger partial charge >= 0.3 is 0 Å². The van der Waals surface area contributed by atoms with Crippen molar-refractivity contribution in [2.45, 2.75) is 12.1 Å². The van der Waals surface area contributed by atoms with E-state index in [1.807, 2.05) is 0 Å². The molecule has 1 aromatic carbocycles. The van der Waals surface area contributed by atoms with Crippen LogP contribution >= 0.6 is 11.6 Å². The Morgan fingerprint density at radius 1 is 1.58 bits per heavy atom. The third-order valence-electron chi connectivity index (χ3n) is 2.97. The van der Waals surface area contributed by atoms with Crippen LogP contribution in [0, 0.1) is 0 Å². The van der Waals surface area contributed by atoms with E-state index < -0.39 is 6.10 Å². The van der Waals surface area contributed by atoms with Crippen LogP contribution in [-0.2, 0) is 9.53 Å². The highest BCUT2D eigenvalue weighted by molar-refractivity contribution is 6.31. The fraction of sp³-hybridized carbons (Fsp3) is 0.462. The molecule has 3 N–H and O–H groups in total. The molecule has 2 rings (SSSR count). The summed E-state index contributed by atoms with van der Waals surface area (Å²) in [5.41, 5.74) is 0.609. The summed E-state index contributed by atoms with van der Waals surface area (Å²) >= 11 is 5.98. The fourth-order valence-corrected chi connectivity index (χ4v) is 2.17. The van der Waals surface area contributed by atoms with Crippen molar-refractivity contribution in [3.05, 3.63) is 34.9 Å². The van der Waals surface area contributed by atoms with Gasteiger partial charge in [-0.25, -0.2) is 0 Å². The fourth-order valence-electron chi connectivity index (χ4n) is 1.91. The predicted molar refractivity (Wildman–Crippen MR) is 72.0 cm³/mol. The Morgan fingerprint density at radius 2 is 2.37 bits per heavy atom. The van der Waals surface area contributed by atoms with Crippen molar-refractivity contribution in [1.82, 2.24) is 10.6 Å². The van der Waals surface area contributed by atoms with Crippen LogP contribution in [0.25, 0.3) is 0 Å². The zero-order chi connectivity index (χ0) is 13.7. The van der Waals surface area contributed by atoms with Crippen molar-refractivity contribution in [1.29, 1.82) is 0 Å². The smallest absolute Gasteiger partial charge is 0.239 e. The first-order chi connectivity index (χ1) is 9.18. The van der Waals surface area contributed by atoms with Crippen LogP contribution in [0.15, 0.2) is 24.3 Å². The minimum Gasteiger partial charge on any atom is -0.387 e. The number of halogens is 1. The number of carbonyl (C=O) groups excluding carboxylic acids is 1. The van der Waals surface area contributed by atoms with E-state index in [9.17, 15) is 9.90 Å². The number of aliphatic hydroxyl groups is 1. The Morgan fingerprint density at radius 3 is 3.05 bits per heavy atom. The van der Waals surface area contributed by atoms with E-state index in [1.165, 1.54) is 0 Å². The molecule has 0 aromatic heterocycles. The van der Waals surface area contributed by atoms with Crippen molar-refractivity contribution in [3.63, 3.8) is 0 Å². The normalized spacial score (nSPS) is 20.8. The Balaban J connectivity index is 1.84. The van der Waals surface area contributed by atoms with Crippen LogP contribution in [0.1, 0.15) is 11.7 Å². The summed E-state index contributed by atoms with van der Waals surface area (Å²) in [6.07, 6.45) is -0.817. The Hall–Kier alpha value is -1.14. The second kappa shape index (κ2) is 6.86. The molecule has 0 radical (unpaired) electrons. The highest BCUT2D eigenvalue weighted by Gasteiger charge is 2.22. The maximum atomic E-state index is 11.8. The lowest BCUT2D eigenvalue weighted by Gasteiger charge is -2.23. The molecule has 1 heterocycles. The van der Waals surface area contributed by atoms with E-state index in [-0.39, 0.29) is 18.5 Å².